The second kappa shape index (κ2) is 22.7. The molecule has 6 aromatic carbocycles. The molecule has 0 amide bonds. The van der Waals surface area contributed by atoms with E-state index in [-0.39, 0.29) is 0 Å². The van der Waals surface area contributed by atoms with Gasteiger partial charge in [0.1, 0.15) is 0 Å². The molecule has 0 aliphatic rings. The van der Waals surface area contributed by atoms with E-state index in [4.69, 9.17) is 11.6 Å². The highest BCUT2D eigenvalue weighted by Crippen LogP contribution is 2.49. The molecule has 0 fully saturated rings. The van der Waals surface area contributed by atoms with Crippen molar-refractivity contribution in [3.05, 3.63) is 166 Å². The molecule has 6 rings (SSSR count). The molecule has 60 heavy (non-hydrogen) atoms. The van der Waals surface area contributed by atoms with Gasteiger partial charge in [0.15, 0.2) is 0 Å². The van der Waals surface area contributed by atoms with Gasteiger partial charge in [0.2, 0.25) is 0 Å². The van der Waals surface area contributed by atoms with Crippen LogP contribution in [0.5, 0.6) is 0 Å². The quantitative estimate of drug-likeness (QED) is 0.0673. The largest absolute Gasteiger partial charge is 0.309 e. The summed E-state index contributed by atoms with van der Waals surface area (Å²) in [5.41, 5.74) is 16.8. The number of anilines is 6. The average Bonchev–Trinajstić information content (AvgIpc) is 3.28. The Morgan fingerprint density at radius 1 is 0.367 bits per heavy atom. The number of benzene rings is 6. The first kappa shape index (κ1) is 44.8. The van der Waals surface area contributed by atoms with Crippen LogP contribution < -0.4 is 9.80 Å². The van der Waals surface area contributed by atoms with Crippen LogP contribution in [0.4, 0.5) is 34.1 Å². The number of halogens is 1. The molecule has 2 nitrogen and oxygen atoms in total. The van der Waals surface area contributed by atoms with Crippen molar-refractivity contribution < 1.29 is 0 Å². The predicted octanol–water partition coefficient (Wildman–Crippen LogP) is 18.0. The molecule has 0 aromatic heterocycles. The van der Waals surface area contributed by atoms with Crippen molar-refractivity contribution in [3.8, 4) is 11.1 Å². The van der Waals surface area contributed by atoms with E-state index in [1.165, 1.54) is 103 Å². The van der Waals surface area contributed by atoms with Crippen LogP contribution in [-0.4, -0.2) is 0 Å². The van der Waals surface area contributed by atoms with Crippen molar-refractivity contribution in [2.45, 2.75) is 138 Å². The fourth-order valence-electron chi connectivity index (χ4n) is 8.25. The molecule has 0 aliphatic heterocycles. The number of hydrogen-bond donors (Lipinski definition) is 0. The smallest absolute Gasteiger partial charge is 0.0887 e. The van der Waals surface area contributed by atoms with Gasteiger partial charge in [-0.3, -0.25) is 0 Å². The van der Waals surface area contributed by atoms with Crippen LogP contribution in [0.1, 0.15) is 132 Å². The topological polar surface area (TPSA) is 6.48 Å². The Morgan fingerprint density at radius 2 is 0.700 bits per heavy atom. The van der Waals surface area contributed by atoms with Gasteiger partial charge in [-0.2, -0.15) is 0 Å². The van der Waals surface area contributed by atoms with E-state index in [9.17, 15) is 0 Å². The molecular formula is C57H69ClN2. The lowest BCUT2D eigenvalue weighted by Gasteiger charge is -2.33. The number of unbranched alkanes of at least 4 members (excludes halogenated alkanes) is 5. The SMILES string of the molecule is CCCCc1ccc(-c2cc(CCCC)ccc2N(c2ccc(CCCC)cc2)c2cc(C)cc(N(c3ccc(CCCC)cc3)c3ccc(CCCC)cc3)c2Cl)cc1. The van der Waals surface area contributed by atoms with Gasteiger partial charge in [-0.05, 0) is 171 Å². The minimum Gasteiger partial charge on any atom is -0.309 e. The van der Waals surface area contributed by atoms with E-state index in [0.29, 0.717) is 0 Å². The number of aryl methyl sites for hydroxylation is 6. The zero-order valence-electron chi connectivity index (χ0n) is 37.5. The highest BCUT2D eigenvalue weighted by molar-refractivity contribution is 6.36. The Morgan fingerprint density at radius 3 is 1.10 bits per heavy atom. The van der Waals surface area contributed by atoms with Crippen LogP contribution in [0.3, 0.4) is 0 Å². The summed E-state index contributed by atoms with van der Waals surface area (Å²) in [4.78, 5) is 4.79. The predicted molar refractivity (Wildman–Crippen MR) is 264 cm³/mol. The van der Waals surface area contributed by atoms with Gasteiger partial charge in [0.25, 0.3) is 0 Å². The standard InChI is InChI=1S/C57H69ClN2/c1-7-12-17-44-22-31-49(32-23-44)53-42-48(21-16-11-5)30-39-54(53)60(52-37-28-47(29-38-52)20-15-10-4)56-41-43(6)40-55(57(56)58)59(50-33-24-45(25-34-50)18-13-8-2)51-35-26-46(27-36-51)19-14-9-3/h22-42H,7-21H2,1-6H3. The van der Waals surface area contributed by atoms with Gasteiger partial charge in [0, 0.05) is 22.6 Å². The first-order chi connectivity index (χ1) is 29.4. The summed E-state index contributed by atoms with van der Waals surface area (Å²) < 4.78 is 0. The Labute approximate surface area is 368 Å². The second-order valence-electron chi connectivity index (χ2n) is 16.9. The Bertz CT molecular complexity index is 2150. The van der Waals surface area contributed by atoms with E-state index in [0.717, 1.165) is 76.8 Å². The molecule has 0 aliphatic carbocycles. The summed E-state index contributed by atoms with van der Waals surface area (Å²) in [6.07, 6.45) is 17.3. The van der Waals surface area contributed by atoms with Crippen LogP contribution in [0, 0.1) is 6.92 Å². The number of rotatable bonds is 22. The summed E-state index contributed by atoms with van der Waals surface area (Å²) in [6, 6.07) is 48.5. The minimum absolute atomic E-state index is 0.719. The van der Waals surface area contributed by atoms with Crippen molar-refractivity contribution in [1.29, 1.82) is 0 Å². The molecule has 0 N–H and O–H groups in total. The van der Waals surface area contributed by atoms with Crippen LogP contribution in [0.25, 0.3) is 11.1 Å². The van der Waals surface area contributed by atoms with Gasteiger partial charge >= 0.3 is 0 Å². The van der Waals surface area contributed by atoms with Gasteiger partial charge in [-0.15, -0.1) is 0 Å². The van der Waals surface area contributed by atoms with E-state index < -0.39 is 0 Å². The maximum atomic E-state index is 7.95. The third-order valence-electron chi connectivity index (χ3n) is 11.9. The molecule has 0 spiro atoms. The van der Waals surface area contributed by atoms with E-state index >= 15 is 0 Å². The van der Waals surface area contributed by atoms with E-state index in [2.05, 4.69) is 179 Å². The van der Waals surface area contributed by atoms with Crippen molar-refractivity contribution >= 4 is 45.7 Å². The highest BCUT2D eigenvalue weighted by atomic mass is 35.5. The molecule has 6 aromatic rings. The summed E-state index contributed by atoms with van der Waals surface area (Å²) in [6.45, 7) is 13.5. The fourth-order valence-corrected chi connectivity index (χ4v) is 8.53. The third-order valence-corrected chi connectivity index (χ3v) is 12.3. The molecule has 3 heteroatoms. The molecule has 0 unspecified atom stereocenters. The molecule has 0 radical (unpaired) electrons. The molecule has 0 saturated heterocycles. The third kappa shape index (κ3) is 11.5. The molecule has 0 bridgehead atoms. The van der Waals surface area contributed by atoms with E-state index in [1.807, 2.05) is 0 Å². The number of nitrogens with zero attached hydrogens (tertiary/aromatic N) is 2. The summed E-state index contributed by atoms with van der Waals surface area (Å²) in [5.74, 6) is 0. The fraction of sp³-hybridized carbons (Fsp3) is 0.368. The molecule has 0 saturated carbocycles. The van der Waals surface area contributed by atoms with Crippen molar-refractivity contribution in [2.24, 2.45) is 0 Å². The zero-order valence-corrected chi connectivity index (χ0v) is 38.3. The molecular weight excluding hydrogens is 748 g/mol. The number of hydrogen-bond acceptors (Lipinski definition) is 2. The minimum atomic E-state index is 0.719. The highest BCUT2D eigenvalue weighted by Gasteiger charge is 2.25. The lowest BCUT2D eigenvalue weighted by Crippen LogP contribution is -2.16. The first-order valence-corrected chi connectivity index (χ1v) is 23.6. The summed E-state index contributed by atoms with van der Waals surface area (Å²) >= 11 is 7.95. The van der Waals surface area contributed by atoms with Crippen molar-refractivity contribution in [2.75, 3.05) is 9.80 Å². The first-order valence-electron chi connectivity index (χ1n) is 23.3. The lowest BCUT2D eigenvalue weighted by atomic mass is 9.95. The van der Waals surface area contributed by atoms with Crippen LogP contribution >= 0.6 is 11.6 Å². The van der Waals surface area contributed by atoms with Gasteiger partial charge in [-0.1, -0.05) is 145 Å². The zero-order chi connectivity index (χ0) is 42.3. The van der Waals surface area contributed by atoms with Crippen LogP contribution in [0.15, 0.2) is 127 Å². The van der Waals surface area contributed by atoms with Crippen molar-refractivity contribution in [1.82, 2.24) is 0 Å². The van der Waals surface area contributed by atoms with Crippen LogP contribution in [-0.2, 0) is 32.1 Å². The van der Waals surface area contributed by atoms with Crippen molar-refractivity contribution in [3.63, 3.8) is 0 Å². The normalized spacial score (nSPS) is 11.2. The summed E-state index contributed by atoms with van der Waals surface area (Å²) in [7, 11) is 0. The molecule has 0 atom stereocenters. The molecule has 314 valence electrons. The van der Waals surface area contributed by atoms with Gasteiger partial charge in [0.05, 0.1) is 22.1 Å². The Balaban J connectivity index is 1.56. The maximum Gasteiger partial charge on any atom is 0.0887 e. The maximum absolute atomic E-state index is 7.95. The summed E-state index contributed by atoms with van der Waals surface area (Å²) in [5, 5.41) is 0.719. The van der Waals surface area contributed by atoms with E-state index in [1.54, 1.807) is 0 Å². The Hall–Kier alpha value is -4.79. The average molecular weight is 818 g/mol. The lowest BCUT2D eigenvalue weighted by molar-refractivity contribution is 0.794. The molecule has 0 heterocycles. The second-order valence-corrected chi connectivity index (χ2v) is 17.2. The Kier molecular flexibility index (Phi) is 16.9. The van der Waals surface area contributed by atoms with Gasteiger partial charge < -0.3 is 9.80 Å². The van der Waals surface area contributed by atoms with Gasteiger partial charge in [-0.25, -0.2) is 0 Å². The van der Waals surface area contributed by atoms with Crippen LogP contribution in [0.2, 0.25) is 5.02 Å². The monoisotopic (exact) mass is 817 g/mol.